The number of hydrogen-bond donors (Lipinski definition) is 0. The number of imide groups is 1. The monoisotopic (exact) mass is 482 g/mol. The maximum absolute atomic E-state index is 12.5. The van der Waals surface area contributed by atoms with Crippen LogP contribution in [0, 0.1) is 0 Å². The number of benzene rings is 1. The van der Waals surface area contributed by atoms with E-state index in [0.717, 1.165) is 17.3 Å². The number of nitrogens with zero attached hydrogens (tertiary/aromatic N) is 2. The maximum atomic E-state index is 12.5. The van der Waals surface area contributed by atoms with Crippen molar-refractivity contribution in [2.45, 2.75) is 26.3 Å². The van der Waals surface area contributed by atoms with E-state index in [9.17, 15) is 14.4 Å². The van der Waals surface area contributed by atoms with Crippen LogP contribution in [0.4, 0.5) is 4.79 Å². The zero-order valence-electron chi connectivity index (χ0n) is 16.4. The largest absolute Gasteiger partial charge is 0.483 e. The van der Waals surface area contributed by atoms with Crippen molar-refractivity contribution in [3.63, 3.8) is 0 Å². The lowest BCUT2D eigenvalue weighted by Crippen LogP contribution is -2.43. The molecule has 0 saturated carbocycles. The Hall–Kier alpha value is -1.84. The van der Waals surface area contributed by atoms with Gasteiger partial charge in [0, 0.05) is 19.1 Å². The van der Waals surface area contributed by atoms with Crippen molar-refractivity contribution in [2.75, 3.05) is 32.9 Å². The fourth-order valence-electron chi connectivity index (χ4n) is 2.96. The van der Waals surface area contributed by atoms with E-state index < -0.39 is 0 Å². The molecule has 0 spiro atoms. The van der Waals surface area contributed by atoms with Crippen LogP contribution < -0.4 is 4.74 Å². The van der Waals surface area contributed by atoms with Gasteiger partial charge in [-0.25, -0.2) is 0 Å². The smallest absolute Gasteiger partial charge is 0.293 e. The second kappa shape index (κ2) is 9.77. The first-order valence-corrected chi connectivity index (χ1v) is 11.1. The van der Waals surface area contributed by atoms with Crippen molar-refractivity contribution >= 4 is 50.8 Å². The molecule has 9 heteroatoms. The summed E-state index contributed by atoms with van der Waals surface area (Å²) in [6, 6.07) is 5.20. The summed E-state index contributed by atoms with van der Waals surface area (Å²) < 4.78 is 11.6. The minimum absolute atomic E-state index is 0.0499. The molecule has 0 aromatic heterocycles. The van der Waals surface area contributed by atoms with Crippen LogP contribution in [0.15, 0.2) is 27.6 Å². The molecule has 3 amide bonds. The summed E-state index contributed by atoms with van der Waals surface area (Å²) in [5, 5.41) is -0.240. The Morgan fingerprint density at radius 1 is 1.34 bits per heavy atom. The van der Waals surface area contributed by atoms with Crippen molar-refractivity contribution in [2.24, 2.45) is 0 Å². The first kappa shape index (κ1) is 21.9. The van der Waals surface area contributed by atoms with E-state index in [1.165, 1.54) is 4.90 Å². The molecule has 156 valence electrons. The van der Waals surface area contributed by atoms with E-state index in [4.69, 9.17) is 9.47 Å². The van der Waals surface area contributed by atoms with Gasteiger partial charge >= 0.3 is 0 Å². The zero-order valence-corrected chi connectivity index (χ0v) is 18.8. The highest BCUT2D eigenvalue weighted by Gasteiger charge is 2.37. The number of thioether (sulfide) groups is 1. The van der Waals surface area contributed by atoms with Crippen LogP contribution in [0.25, 0.3) is 6.08 Å². The lowest BCUT2D eigenvalue weighted by atomic mass is 10.2. The lowest BCUT2D eigenvalue weighted by molar-refractivity contribution is -0.137. The van der Waals surface area contributed by atoms with Crippen molar-refractivity contribution < 1.29 is 23.9 Å². The summed E-state index contributed by atoms with van der Waals surface area (Å²) in [4.78, 5) is 40.3. The van der Waals surface area contributed by atoms with E-state index in [1.54, 1.807) is 29.2 Å². The van der Waals surface area contributed by atoms with Crippen molar-refractivity contribution in [1.29, 1.82) is 0 Å². The number of carbonyl (C=O) groups excluding carboxylic acids is 3. The highest BCUT2D eigenvalue weighted by Crippen LogP contribution is 2.35. The van der Waals surface area contributed by atoms with Gasteiger partial charge in [0.05, 0.1) is 22.6 Å². The summed E-state index contributed by atoms with van der Waals surface area (Å²) in [5.41, 5.74) is 0.762. The molecule has 2 fully saturated rings. The molecule has 1 aromatic carbocycles. The number of hydrogen-bond acceptors (Lipinski definition) is 6. The van der Waals surface area contributed by atoms with Gasteiger partial charge < -0.3 is 14.4 Å². The third-order valence-electron chi connectivity index (χ3n) is 4.82. The predicted molar refractivity (Wildman–Crippen MR) is 115 cm³/mol. The lowest BCUT2D eigenvalue weighted by Gasteiger charge is -2.26. The van der Waals surface area contributed by atoms with Crippen LogP contribution in [-0.4, -0.2) is 65.8 Å². The number of ether oxygens (including phenoxy) is 2. The summed E-state index contributed by atoms with van der Waals surface area (Å²) in [5.74, 6) is 0.196. The van der Waals surface area contributed by atoms with Gasteiger partial charge in [0.2, 0.25) is 0 Å². The van der Waals surface area contributed by atoms with Crippen LogP contribution in [0.3, 0.4) is 0 Å². The molecule has 2 heterocycles. The summed E-state index contributed by atoms with van der Waals surface area (Å²) in [6.07, 6.45) is 2.41. The number of rotatable bonds is 6. The molecule has 0 N–H and O–H groups in total. The molecule has 0 bridgehead atoms. The molecule has 3 rings (SSSR count). The molecule has 2 saturated heterocycles. The summed E-state index contributed by atoms with van der Waals surface area (Å²) in [6.45, 7) is 6.00. The second-order valence-corrected chi connectivity index (χ2v) is 8.63. The number of amides is 3. The zero-order chi connectivity index (χ0) is 21.0. The van der Waals surface area contributed by atoms with E-state index >= 15 is 0 Å². The second-order valence-electron chi connectivity index (χ2n) is 6.78. The number of carbonyl (C=O) groups is 3. The van der Waals surface area contributed by atoms with E-state index in [0.29, 0.717) is 47.9 Å². The Bertz CT molecular complexity index is 838. The van der Waals surface area contributed by atoms with Crippen LogP contribution >= 0.6 is 27.7 Å². The molecule has 1 atom stereocenters. The van der Waals surface area contributed by atoms with Gasteiger partial charge in [0.15, 0.2) is 6.61 Å². The Labute approximate surface area is 182 Å². The molecule has 0 radical (unpaired) electrons. The van der Waals surface area contributed by atoms with Crippen molar-refractivity contribution in [1.82, 2.24) is 9.80 Å². The Morgan fingerprint density at radius 2 is 2.07 bits per heavy atom. The van der Waals surface area contributed by atoms with Crippen LogP contribution in [0.5, 0.6) is 5.75 Å². The minimum atomic E-state index is -0.262. The third-order valence-corrected chi connectivity index (χ3v) is 6.33. The highest BCUT2D eigenvalue weighted by molar-refractivity contribution is 9.10. The standard InChI is InChI=1S/C20H23BrN2O5S/c1-3-13(2)23-19(25)17(29-20(23)26)11-14-4-5-16(15(21)10-14)28-12-18(24)22-6-8-27-9-7-22/h4-5,10-11,13H,3,6-9,12H2,1-2H3/b17-11+/t13-/m0/s1. The molecule has 1 aromatic rings. The van der Waals surface area contributed by atoms with Gasteiger partial charge in [0.25, 0.3) is 17.1 Å². The van der Waals surface area contributed by atoms with Gasteiger partial charge in [-0.2, -0.15) is 0 Å². The van der Waals surface area contributed by atoms with Crippen LogP contribution in [-0.2, 0) is 14.3 Å². The van der Waals surface area contributed by atoms with E-state index in [1.807, 2.05) is 13.8 Å². The van der Waals surface area contributed by atoms with Gasteiger partial charge in [-0.05, 0) is 64.8 Å². The SMILES string of the molecule is CC[C@H](C)N1C(=O)S/C(=C/c2ccc(OCC(=O)N3CCOCC3)c(Br)c2)C1=O. The Balaban J connectivity index is 1.65. The maximum Gasteiger partial charge on any atom is 0.293 e. The quantitative estimate of drug-likeness (QED) is 0.577. The Kier molecular flexibility index (Phi) is 7.37. The van der Waals surface area contributed by atoms with Gasteiger partial charge in [0.1, 0.15) is 5.75 Å². The molecule has 7 nitrogen and oxygen atoms in total. The first-order chi connectivity index (χ1) is 13.9. The highest BCUT2D eigenvalue weighted by atomic mass is 79.9. The predicted octanol–water partition coefficient (Wildman–Crippen LogP) is 3.52. The van der Waals surface area contributed by atoms with Crippen molar-refractivity contribution in [3.05, 3.63) is 33.1 Å². The Morgan fingerprint density at radius 3 is 2.72 bits per heavy atom. The first-order valence-electron chi connectivity index (χ1n) is 9.45. The molecule has 2 aliphatic rings. The van der Waals surface area contributed by atoms with Crippen LogP contribution in [0.1, 0.15) is 25.8 Å². The fraction of sp³-hybridized carbons (Fsp3) is 0.450. The minimum Gasteiger partial charge on any atom is -0.483 e. The number of halogens is 1. The topological polar surface area (TPSA) is 76.2 Å². The summed E-state index contributed by atoms with van der Waals surface area (Å²) >= 11 is 4.40. The van der Waals surface area contributed by atoms with Crippen molar-refractivity contribution in [3.8, 4) is 5.75 Å². The molecule has 0 aliphatic carbocycles. The van der Waals surface area contributed by atoms with Gasteiger partial charge in [-0.15, -0.1) is 0 Å². The average Bonchev–Trinajstić information content (AvgIpc) is 3.00. The third kappa shape index (κ3) is 5.21. The van der Waals surface area contributed by atoms with E-state index in [2.05, 4.69) is 15.9 Å². The molecular formula is C20H23BrN2O5S. The molecule has 0 unspecified atom stereocenters. The van der Waals surface area contributed by atoms with E-state index in [-0.39, 0.29) is 29.7 Å². The fourth-order valence-corrected chi connectivity index (χ4v) is 4.40. The molecule has 29 heavy (non-hydrogen) atoms. The van der Waals surface area contributed by atoms with Crippen LogP contribution in [0.2, 0.25) is 0 Å². The molecular weight excluding hydrogens is 460 g/mol. The molecule has 2 aliphatic heterocycles. The average molecular weight is 483 g/mol. The normalized spacial score (nSPS) is 19.8. The number of morpholine rings is 1. The summed E-state index contributed by atoms with van der Waals surface area (Å²) in [7, 11) is 0. The van der Waals surface area contributed by atoms with Gasteiger partial charge in [-0.3, -0.25) is 19.3 Å². The van der Waals surface area contributed by atoms with Gasteiger partial charge in [-0.1, -0.05) is 13.0 Å².